The van der Waals surface area contributed by atoms with E-state index in [0.717, 1.165) is 36.6 Å². The second-order valence-electron chi connectivity index (χ2n) is 6.48. The Hall–Kier alpha value is -1.13. The second kappa shape index (κ2) is 8.35. The zero-order valence-electron chi connectivity index (χ0n) is 14.3. The third-order valence-electron chi connectivity index (χ3n) is 3.43. The Bertz CT molecular complexity index is 431. The number of hydrogen-bond donors (Lipinski definition) is 1. The molecule has 0 atom stereocenters. The van der Waals surface area contributed by atoms with Gasteiger partial charge in [0.15, 0.2) is 0 Å². The molecule has 0 fully saturated rings. The first kappa shape index (κ1) is 17.9. The van der Waals surface area contributed by atoms with Gasteiger partial charge in [0.2, 0.25) is 0 Å². The van der Waals surface area contributed by atoms with Crippen LogP contribution in [0.5, 0.6) is 5.75 Å². The minimum Gasteiger partial charge on any atom is -0.492 e. The van der Waals surface area contributed by atoms with Crippen molar-refractivity contribution in [3.8, 4) is 5.75 Å². The molecule has 1 heterocycles. The van der Waals surface area contributed by atoms with Crippen molar-refractivity contribution < 1.29 is 9.47 Å². The number of aryl methyl sites for hydroxylation is 1. The van der Waals surface area contributed by atoms with Crippen LogP contribution in [0, 0.1) is 12.8 Å². The summed E-state index contributed by atoms with van der Waals surface area (Å²) < 4.78 is 11.3. The Balaban J connectivity index is 2.60. The smallest absolute Gasteiger partial charge is 0.142 e. The first-order valence-corrected chi connectivity index (χ1v) is 7.69. The second-order valence-corrected chi connectivity index (χ2v) is 6.48. The molecule has 0 saturated heterocycles. The summed E-state index contributed by atoms with van der Waals surface area (Å²) in [4.78, 5) is 4.59. The highest BCUT2D eigenvalue weighted by atomic mass is 16.5. The fraction of sp³-hybridized carbons (Fsp3) is 0.706. The molecule has 0 unspecified atom stereocenters. The highest BCUT2D eigenvalue weighted by Gasteiger charge is 2.16. The van der Waals surface area contributed by atoms with Crippen LogP contribution in [0.2, 0.25) is 0 Å². The van der Waals surface area contributed by atoms with Gasteiger partial charge in [-0.3, -0.25) is 4.98 Å². The number of aromatic nitrogens is 1. The molecule has 0 bridgehead atoms. The van der Waals surface area contributed by atoms with Gasteiger partial charge in [-0.25, -0.2) is 0 Å². The van der Waals surface area contributed by atoms with Crippen LogP contribution in [-0.4, -0.2) is 30.8 Å². The summed E-state index contributed by atoms with van der Waals surface area (Å²) in [5.74, 6) is 1.49. The van der Waals surface area contributed by atoms with Gasteiger partial charge in [0.05, 0.1) is 17.9 Å². The number of nitrogens with zero attached hydrogens (tertiary/aromatic N) is 1. The Kier molecular flexibility index (Phi) is 7.12. The van der Waals surface area contributed by atoms with Crippen molar-refractivity contribution in [1.82, 2.24) is 10.3 Å². The van der Waals surface area contributed by atoms with E-state index in [2.05, 4.69) is 38.0 Å². The van der Waals surface area contributed by atoms with E-state index in [4.69, 9.17) is 9.47 Å². The molecule has 1 aromatic rings. The summed E-state index contributed by atoms with van der Waals surface area (Å²) in [5.41, 5.74) is 1.83. The molecule has 1 aromatic heterocycles. The van der Waals surface area contributed by atoms with Crippen LogP contribution >= 0.6 is 0 Å². The van der Waals surface area contributed by atoms with Gasteiger partial charge in [-0.1, -0.05) is 13.8 Å². The number of pyridine rings is 1. The number of ether oxygens (including phenoxy) is 2. The van der Waals surface area contributed by atoms with E-state index in [1.165, 1.54) is 0 Å². The summed E-state index contributed by atoms with van der Waals surface area (Å²) in [6.45, 7) is 12.9. The predicted octanol–water partition coefficient (Wildman–Crippen LogP) is 3.33. The molecule has 0 aromatic carbocycles. The summed E-state index contributed by atoms with van der Waals surface area (Å²) >= 11 is 0. The molecule has 21 heavy (non-hydrogen) atoms. The molecule has 0 aliphatic heterocycles. The largest absolute Gasteiger partial charge is 0.492 e. The Morgan fingerprint density at radius 1 is 1.29 bits per heavy atom. The van der Waals surface area contributed by atoms with Crippen molar-refractivity contribution in [3.63, 3.8) is 0 Å². The van der Waals surface area contributed by atoms with Gasteiger partial charge in [0, 0.05) is 25.8 Å². The average molecular weight is 294 g/mol. The van der Waals surface area contributed by atoms with Gasteiger partial charge < -0.3 is 14.8 Å². The van der Waals surface area contributed by atoms with Crippen LogP contribution in [0.4, 0.5) is 0 Å². The van der Waals surface area contributed by atoms with Gasteiger partial charge in [0.1, 0.15) is 5.75 Å². The standard InChI is InChI=1S/C17H30N2O2/c1-13(2)11-18-12-15-16(8-7-14(3)19-15)21-10-9-17(4,5)20-6/h7-8,13,18H,9-12H2,1-6H3. The maximum atomic E-state index is 5.90. The van der Waals surface area contributed by atoms with Gasteiger partial charge in [0.25, 0.3) is 0 Å². The zero-order valence-corrected chi connectivity index (χ0v) is 14.3. The molecule has 1 rings (SSSR count). The third kappa shape index (κ3) is 6.91. The van der Waals surface area contributed by atoms with Gasteiger partial charge in [-0.2, -0.15) is 0 Å². The molecule has 4 heteroatoms. The topological polar surface area (TPSA) is 43.4 Å². The van der Waals surface area contributed by atoms with E-state index in [-0.39, 0.29) is 5.60 Å². The lowest BCUT2D eigenvalue weighted by Gasteiger charge is -2.23. The molecule has 0 radical (unpaired) electrons. The molecule has 4 nitrogen and oxygen atoms in total. The summed E-state index contributed by atoms with van der Waals surface area (Å²) in [5, 5.41) is 3.42. The molecule has 0 amide bonds. The number of methoxy groups -OCH3 is 1. The Morgan fingerprint density at radius 3 is 2.62 bits per heavy atom. The van der Waals surface area contributed by atoms with Crippen molar-refractivity contribution >= 4 is 0 Å². The van der Waals surface area contributed by atoms with Crippen LogP contribution in [0.3, 0.4) is 0 Å². The van der Waals surface area contributed by atoms with Crippen LogP contribution in [0.1, 0.15) is 45.5 Å². The maximum Gasteiger partial charge on any atom is 0.142 e. The SMILES string of the molecule is COC(C)(C)CCOc1ccc(C)nc1CNCC(C)C. The minimum absolute atomic E-state index is 0.159. The van der Waals surface area contributed by atoms with Crippen LogP contribution in [-0.2, 0) is 11.3 Å². The van der Waals surface area contributed by atoms with Crippen LogP contribution in [0.15, 0.2) is 12.1 Å². The van der Waals surface area contributed by atoms with E-state index in [1.54, 1.807) is 7.11 Å². The summed E-state index contributed by atoms with van der Waals surface area (Å²) in [6, 6.07) is 4.00. The number of hydrogen-bond acceptors (Lipinski definition) is 4. The zero-order chi connectivity index (χ0) is 15.9. The average Bonchev–Trinajstić information content (AvgIpc) is 2.40. The molecule has 1 N–H and O–H groups in total. The third-order valence-corrected chi connectivity index (χ3v) is 3.43. The normalized spacial score (nSPS) is 12.0. The maximum absolute atomic E-state index is 5.90. The van der Waals surface area contributed by atoms with Crippen molar-refractivity contribution in [3.05, 3.63) is 23.5 Å². The molecule has 0 aliphatic rings. The highest BCUT2D eigenvalue weighted by Crippen LogP contribution is 2.19. The van der Waals surface area contributed by atoms with Crippen LogP contribution in [0.25, 0.3) is 0 Å². The predicted molar refractivity (Wildman–Crippen MR) is 86.7 cm³/mol. The highest BCUT2D eigenvalue weighted by molar-refractivity contribution is 5.29. The van der Waals surface area contributed by atoms with Gasteiger partial charge in [-0.05, 0) is 45.4 Å². The fourth-order valence-corrected chi connectivity index (χ4v) is 1.84. The van der Waals surface area contributed by atoms with E-state index in [9.17, 15) is 0 Å². The van der Waals surface area contributed by atoms with E-state index in [1.807, 2.05) is 19.1 Å². The molecule has 0 aliphatic carbocycles. The first-order valence-electron chi connectivity index (χ1n) is 7.69. The minimum atomic E-state index is -0.159. The molecule has 0 saturated carbocycles. The number of rotatable bonds is 9. The summed E-state index contributed by atoms with van der Waals surface area (Å²) in [7, 11) is 1.73. The van der Waals surface area contributed by atoms with E-state index >= 15 is 0 Å². The Morgan fingerprint density at radius 2 is 2.00 bits per heavy atom. The molecule has 0 spiro atoms. The number of nitrogens with one attached hydrogen (secondary N) is 1. The van der Waals surface area contributed by atoms with Crippen molar-refractivity contribution in [2.24, 2.45) is 5.92 Å². The van der Waals surface area contributed by atoms with Crippen molar-refractivity contribution in [2.75, 3.05) is 20.3 Å². The lowest BCUT2D eigenvalue weighted by molar-refractivity contribution is 0.00533. The van der Waals surface area contributed by atoms with Crippen LogP contribution < -0.4 is 10.1 Å². The lowest BCUT2D eigenvalue weighted by Crippen LogP contribution is -2.25. The quantitative estimate of drug-likeness (QED) is 0.758. The first-order chi connectivity index (χ1) is 9.84. The van der Waals surface area contributed by atoms with Crippen molar-refractivity contribution in [2.45, 2.75) is 53.2 Å². The molecule has 120 valence electrons. The van der Waals surface area contributed by atoms with E-state index < -0.39 is 0 Å². The monoisotopic (exact) mass is 294 g/mol. The van der Waals surface area contributed by atoms with Gasteiger partial charge in [-0.15, -0.1) is 0 Å². The molecular weight excluding hydrogens is 264 g/mol. The Labute approximate surface area is 129 Å². The summed E-state index contributed by atoms with van der Waals surface area (Å²) in [6.07, 6.45) is 0.843. The molecular formula is C17H30N2O2. The van der Waals surface area contributed by atoms with Gasteiger partial charge >= 0.3 is 0 Å². The fourth-order valence-electron chi connectivity index (χ4n) is 1.84. The van der Waals surface area contributed by atoms with E-state index in [0.29, 0.717) is 12.5 Å². The lowest BCUT2D eigenvalue weighted by atomic mass is 10.1. The van der Waals surface area contributed by atoms with Crippen molar-refractivity contribution in [1.29, 1.82) is 0 Å².